The average Bonchev–Trinajstić information content (AvgIpc) is 2.47. The number of esters is 1. The molecule has 0 saturated carbocycles. The molecule has 1 fully saturated rings. The first-order chi connectivity index (χ1) is 9.22. The summed E-state index contributed by atoms with van der Waals surface area (Å²) in [5.74, 6) is 1.15. The van der Waals surface area contributed by atoms with E-state index in [1.54, 1.807) is 13.2 Å². The van der Waals surface area contributed by atoms with Gasteiger partial charge in [0.15, 0.2) is 0 Å². The van der Waals surface area contributed by atoms with Crippen molar-refractivity contribution in [2.45, 2.75) is 12.5 Å². The minimum atomic E-state index is -0.259. The number of carbonyl (C=O) groups is 1. The molecule has 1 saturated heterocycles. The van der Waals surface area contributed by atoms with E-state index in [9.17, 15) is 4.79 Å². The molecule has 1 aliphatic rings. The summed E-state index contributed by atoms with van der Waals surface area (Å²) < 4.78 is 15.3. The number of anilines is 1. The first-order valence-electron chi connectivity index (χ1n) is 6.17. The third-order valence-electron chi connectivity index (χ3n) is 3.00. The van der Waals surface area contributed by atoms with Gasteiger partial charge in [0.2, 0.25) is 5.88 Å². The van der Waals surface area contributed by atoms with Crippen LogP contribution in [0.4, 0.5) is 5.82 Å². The van der Waals surface area contributed by atoms with E-state index in [2.05, 4.69) is 14.6 Å². The number of rotatable bonds is 4. The van der Waals surface area contributed by atoms with Gasteiger partial charge in [-0.25, -0.2) is 0 Å². The van der Waals surface area contributed by atoms with Crippen LogP contribution in [0.3, 0.4) is 0 Å². The van der Waals surface area contributed by atoms with Crippen LogP contribution in [0.2, 0.25) is 0 Å². The van der Waals surface area contributed by atoms with Crippen LogP contribution in [0.15, 0.2) is 18.2 Å². The van der Waals surface area contributed by atoms with E-state index in [0.29, 0.717) is 19.0 Å². The number of nitrogens with zero attached hydrogens (tertiary/aromatic N) is 2. The third kappa shape index (κ3) is 3.57. The normalized spacial score (nSPS) is 19.1. The van der Waals surface area contributed by atoms with Crippen molar-refractivity contribution in [2.75, 3.05) is 38.8 Å². The number of aromatic nitrogens is 1. The summed E-state index contributed by atoms with van der Waals surface area (Å²) >= 11 is 0. The molecule has 19 heavy (non-hydrogen) atoms. The molecule has 0 radical (unpaired) electrons. The maximum absolute atomic E-state index is 11.3. The first kappa shape index (κ1) is 13.6. The highest BCUT2D eigenvalue weighted by atomic mass is 16.5. The summed E-state index contributed by atoms with van der Waals surface area (Å²) in [5.41, 5.74) is 0. The van der Waals surface area contributed by atoms with E-state index in [4.69, 9.17) is 9.47 Å². The zero-order valence-electron chi connectivity index (χ0n) is 11.2. The highest BCUT2D eigenvalue weighted by Gasteiger charge is 2.24. The molecule has 1 aromatic rings. The lowest BCUT2D eigenvalue weighted by atomic mass is 10.2. The standard InChI is InChI=1S/C13H18N2O4/c1-17-12-5-3-4-11(14-12)15-6-7-19-10(9-15)8-13(16)18-2/h3-5,10H,6-9H2,1-2H3. The van der Waals surface area contributed by atoms with Gasteiger partial charge in [-0.2, -0.15) is 4.98 Å². The van der Waals surface area contributed by atoms with Gasteiger partial charge >= 0.3 is 5.97 Å². The lowest BCUT2D eigenvalue weighted by Crippen LogP contribution is -2.43. The molecule has 0 aliphatic carbocycles. The van der Waals surface area contributed by atoms with Gasteiger partial charge in [-0.15, -0.1) is 0 Å². The summed E-state index contributed by atoms with van der Waals surface area (Å²) in [6.45, 7) is 1.94. The first-order valence-corrected chi connectivity index (χ1v) is 6.17. The van der Waals surface area contributed by atoms with Gasteiger partial charge in [0.25, 0.3) is 0 Å². The fourth-order valence-corrected chi connectivity index (χ4v) is 2.01. The maximum atomic E-state index is 11.3. The summed E-state index contributed by atoms with van der Waals surface area (Å²) in [6, 6.07) is 5.62. The van der Waals surface area contributed by atoms with Crippen LogP contribution in [0, 0.1) is 0 Å². The molecule has 2 rings (SSSR count). The Morgan fingerprint density at radius 2 is 2.37 bits per heavy atom. The van der Waals surface area contributed by atoms with Gasteiger partial charge in [0.1, 0.15) is 5.82 Å². The van der Waals surface area contributed by atoms with Gasteiger partial charge in [-0.3, -0.25) is 4.79 Å². The van der Waals surface area contributed by atoms with Gasteiger partial charge in [0.05, 0.1) is 33.4 Å². The lowest BCUT2D eigenvalue weighted by Gasteiger charge is -2.33. The molecule has 0 amide bonds. The summed E-state index contributed by atoms with van der Waals surface area (Å²) in [4.78, 5) is 17.7. The Bertz CT molecular complexity index is 438. The number of pyridine rings is 1. The van der Waals surface area contributed by atoms with Crippen molar-refractivity contribution in [3.8, 4) is 5.88 Å². The zero-order chi connectivity index (χ0) is 13.7. The van der Waals surface area contributed by atoms with E-state index < -0.39 is 0 Å². The molecule has 2 heterocycles. The van der Waals surface area contributed by atoms with Crippen LogP contribution in [0.25, 0.3) is 0 Å². The Kier molecular flexibility index (Phi) is 4.57. The fraction of sp³-hybridized carbons (Fsp3) is 0.538. The SMILES string of the molecule is COC(=O)CC1CN(c2cccc(OC)n2)CCO1. The van der Waals surface area contributed by atoms with Crippen molar-refractivity contribution in [3.05, 3.63) is 18.2 Å². The minimum Gasteiger partial charge on any atom is -0.481 e. The van der Waals surface area contributed by atoms with Crippen molar-refractivity contribution in [2.24, 2.45) is 0 Å². The van der Waals surface area contributed by atoms with E-state index >= 15 is 0 Å². The molecule has 104 valence electrons. The van der Waals surface area contributed by atoms with Crippen molar-refractivity contribution in [3.63, 3.8) is 0 Å². The number of hydrogen-bond acceptors (Lipinski definition) is 6. The number of ether oxygens (including phenoxy) is 3. The van der Waals surface area contributed by atoms with Crippen LogP contribution < -0.4 is 9.64 Å². The molecular formula is C13H18N2O4. The number of hydrogen-bond donors (Lipinski definition) is 0. The molecule has 1 atom stereocenters. The van der Waals surface area contributed by atoms with E-state index in [0.717, 1.165) is 12.4 Å². The molecule has 0 spiro atoms. The number of methoxy groups -OCH3 is 2. The predicted molar refractivity (Wildman–Crippen MR) is 69.4 cm³/mol. The van der Waals surface area contributed by atoms with E-state index in [1.165, 1.54) is 7.11 Å². The van der Waals surface area contributed by atoms with Crippen LogP contribution in [0.5, 0.6) is 5.88 Å². The van der Waals surface area contributed by atoms with Gasteiger partial charge in [-0.1, -0.05) is 6.07 Å². The smallest absolute Gasteiger partial charge is 0.308 e. The van der Waals surface area contributed by atoms with Crippen LogP contribution >= 0.6 is 0 Å². The number of carbonyl (C=O) groups excluding carboxylic acids is 1. The Hall–Kier alpha value is -1.82. The van der Waals surface area contributed by atoms with Crippen molar-refractivity contribution >= 4 is 11.8 Å². The highest BCUT2D eigenvalue weighted by Crippen LogP contribution is 2.19. The summed E-state index contributed by atoms with van der Waals surface area (Å²) in [7, 11) is 2.97. The number of morpholine rings is 1. The third-order valence-corrected chi connectivity index (χ3v) is 3.00. The molecule has 1 unspecified atom stereocenters. The molecule has 6 nitrogen and oxygen atoms in total. The Labute approximate surface area is 112 Å². The van der Waals surface area contributed by atoms with E-state index in [-0.39, 0.29) is 18.5 Å². The average molecular weight is 266 g/mol. The summed E-state index contributed by atoms with van der Waals surface area (Å²) in [5, 5.41) is 0. The monoisotopic (exact) mass is 266 g/mol. The molecular weight excluding hydrogens is 248 g/mol. The fourth-order valence-electron chi connectivity index (χ4n) is 2.01. The largest absolute Gasteiger partial charge is 0.481 e. The topological polar surface area (TPSA) is 60.9 Å². The lowest BCUT2D eigenvalue weighted by molar-refractivity contribution is -0.144. The van der Waals surface area contributed by atoms with Gasteiger partial charge in [-0.05, 0) is 6.07 Å². The second-order valence-corrected chi connectivity index (χ2v) is 4.26. The molecule has 1 aliphatic heterocycles. The highest BCUT2D eigenvalue weighted by molar-refractivity contribution is 5.69. The zero-order valence-corrected chi connectivity index (χ0v) is 11.2. The summed E-state index contributed by atoms with van der Waals surface area (Å²) in [6.07, 6.45) is 0.103. The van der Waals surface area contributed by atoms with Crippen molar-refractivity contribution in [1.82, 2.24) is 4.98 Å². The second kappa shape index (κ2) is 6.38. The Morgan fingerprint density at radius 3 is 3.11 bits per heavy atom. The quantitative estimate of drug-likeness (QED) is 0.753. The van der Waals surface area contributed by atoms with Crippen LogP contribution in [-0.4, -0.2) is 51.0 Å². The predicted octanol–water partition coefficient (Wildman–Crippen LogP) is 0.858. The van der Waals surface area contributed by atoms with Crippen molar-refractivity contribution < 1.29 is 19.0 Å². The van der Waals surface area contributed by atoms with Crippen molar-refractivity contribution in [1.29, 1.82) is 0 Å². The van der Waals surface area contributed by atoms with Crippen LogP contribution in [0.1, 0.15) is 6.42 Å². The Balaban J connectivity index is 2.01. The molecule has 0 bridgehead atoms. The Morgan fingerprint density at radius 1 is 1.53 bits per heavy atom. The maximum Gasteiger partial charge on any atom is 0.308 e. The van der Waals surface area contributed by atoms with E-state index in [1.807, 2.05) is 12.1 Å². The molecule has 0 aromatic carbocycles. The van der Waals surface area contributed by atoms with Gasteiger partial charge in [0, 0.05) is 19.2 Å². The van der Waals surface area contributed by atoms with Crippen LogP contribution in [-0.2, 0) is 14.3 Å². The molecule has 6 heteroatoms. The van der Waals surface area contributed by atoms with Gasteiger partial charge < -0.3 is 19.1 Å². The molecule has 0 N–H and O–H groups in total. The minimum absolute atomic E-state index is 0.158. The second-order valence-electron chi connectivity index (χ2n) is 4.26. The molecule has 1 aromatic heterocycles.